The maximum Gasteiger partial charge on any atom is 0.146 e. The van der Waals surface area contributed by atoms with Crippen LogP contribution >= 0.6 is 0 Å². The summed E-state index contributed by atoms with van der Waals surface area (Å²) in [4.78, 5) is 4.94. The van der Waals surface area contributed by atoms with E-state index in [2.05, 4.69) is 23.6 Å². The van der Waals surface area contributed by atoms with E-state index in [1.54, 1.807) is 14.2 Å². The fourth-order valence-corrected chi connectivity index (χ4v) is 3.78. The molecule has 0 aliphatic rings. The van der Waals surface area contributed by atoms with Crippen molar-refractivity contribution in [2.24, 2.45) is 0 Å². The van der Waals surface area contributed by atoms with Gasteiger partial charge in [-0.05, 0) is 45.3 Å². The molecular weight excluding hydrogens is 448 g/mol. The van der Waals surface area contributed by atoms with Gasteiger partial charge in [-0.15, -0.1) is 0 Å². The second-order valence-electron chi connectivity index (χ2n) is 9.08. The fourth-order valence-electron chi connectivity index (χ4n) is 3.78. The van der Waals surface area contributed by atoms with E-state index in [1.807, 2.05) is 0 Å². The lowest BCUT2D eigenvalue weighted by Crippen LogP contribution is -2.34. The van der Waals surface area contributed by atoms with Crippen LogP contribution in [0.25, 0.3) is 0 Å². The largest absolute Gasteiger partial charge is 0.359 e. The molecule has 0 aromatic rings. The van der Waals surface area contributed by atoms with E-state index in [1.165, 1.54) is 77.4 Å². The van der Waals surface area contributed by atoms with Crippen LogP contribution < -0.4 is 0 Å². The quantitative estimate of drug-likeness (QED) is 0.102. The van der Waals surface area contributed by atoms with Crippen molar-refractivity contribution in [2.45, 2.75) is 78.1 Å². The molecule has 212 valence electrons. The van der Waals surface area contributed by atoms with Crippen LogP contribution in [0.15, 0.2) is 0 Å². The second kappa shape index (κ2) is 29.9. The maximum absolute atomic E-state index is 5.67. The van der Waals surface area contributed by atoms with Gasteiger partial charge in [0.2, 0.25) is 0 Å². The SMILES string of the molecule is CCCCCN(CCCCC)CCCCCCOCOCCN(CCOCOC)CCOCOC. The molecule has 0 fully saturated rings. The van der Waals surface area contributed by atoms with Crippen molar-refractivity contribution in [3.63, 3.8) is 0 Å². The zero-order chi connectivity index (χ0) is 25.7. The number of nitrogens with zero attached hydrogens (tertiary/aromatic N) is 2. The van der Waals surface area contributed by atoms with E-state index in [9.17, 15) is 0 Å². The molecule has 0 unspecified atom stereocenters. The van der Waals surface area contributed by atoms with Gasteiger partial charge in [-0.25, -0.2) is 0 Å². The molecule has 0 aliphatic carbocycles. The lowest BCUT2D eigenvalue weighted by atomic mass is 10.1. The molecule has 0 saturated heterocycles. The Bertz CT molecular complexity index is 371. The maximum atomic E-state index is 5.67. The molecule has 0 saturated carbocycles. The van der Waals surface area contributed by atoms with Crippen LogP contribution in [-0.2, 0) is 28.4 Å². The summed E-state index contributed by atoms with van der Waals surface area (Å²) in [6.45, 7) is 14.4. The minimum Gasteiger partial charge on any atom is -0.359 e. The molecule has 0 aliphatic heterocycles. The van der Waals surface area contributed by atoms with Gasteiger partial charge < -0.3 is 33.3 Å². The first-order chi connectivity index (χ1) is 17.3. The standard InChI is InChI=1S/C27H58N2O6/c1-5-7-11-15-28(16-12-8-6-2)17-13-9-10-14-21-32-27-35-24-20-29(18-22-33-25-30-3)19-23-34-26-31-4/h5-27H2,1-4H3. The summed E-state index contributed by atoms with van der Waals surface area (Å²) in [6, 6.07) is 0. The highest BCUT2D eigenvalue weighted by atomic mass is 16.7. The number of ether oxygens (including phenoxy) is 6. The molecule has 35 heavy (non-hydrogen) atoms. The molecule has 0 bridgehead atoms. The predicted octanol–water partition coefficient (Wildman–Crippen LogP) is 4.76. The first-order valence-corrected chi connectivity index (χ1v) is 14.0. The van der Waals surface area contributed by atoms with Crippen LogP contribution in [-0.4, -0.2) is 110 Å². The Balaban J connectivity index is 3.73. The zero-order valence-corrected chi connectivity index (χ0v) is 23.6. The van der Waals surface area contributed by atoms with Gasteiger partial charge in [0.05, 0.1) is 19.8 Å². The lowest BCUT2D eigenvalue weighted by Gasteiger charge is -2.22. The Labute approximate surface area is 216 Å². The van der Waals surface area contributed by atoms with Crippen LogP contribution in [0, 0.1) is 0 Å². The van der Waals surface area contributed by atoms with Crippen LogP contribution in [0.3, 0.4) is 0 Å². The lowest BCUT2D eigenvalue weighted by molar-refractivity contribution is -0.0691. The molecule has 8 heteroatoms. The molecule has 0 spiro atoms. The van der Waals surface area contributed by atoms with Crippen LogP contribution in [0.2, 0.25) is 0 Å². The van der Waals surface area contributed by atoms with Gasteiger partial charge in [-0.2, -0.15) is 0 Å². The first kappa shape index (κ1) is 34.7. The minimum absolute atomic E-state index is 0.314. The summed E-state index contributed by atoms with van der Waals surface area (Å²) in [5, 5.41) is 0. The highest BCUT2D eigenvalue weighted by molar-refractivity contribution is 4.60. The summed E-state index contributed by atoms with van der Waals surface area (Å²) < 4.78 is 32.0. The number of methoxy groups -OCH3 is 2. The molecule has 0 atom stereocenters. The molecule has 8 nitrogen and oxygen atoms in total. The Kier molecular flexibility index (Phi) is 29.6. The zero-order valence-electron chi connectivity index (χ0n) is 23.6. The van der Waals surface area contributed by atoms with Crippen molar-refractivity contribution < 1.29 is 28.4 Å². The molecule has 0 N–H and O–H groups in total. The second-order valence-corrected chi connectivity index (χ2v) is 9.08. The van der Waals surface area contributed by atoms with Crippen molar-refractivity contribution in [3.8, 4) is 0 Å². The molecule has 0 aromatic carbocycles. The van der Waals surface area contributed by atoms with E-state index in [0.29, 0.717) is 40.2 Å². The number of unbranched alkanes of at least 4 members (excludes halogenated alkanes) is 7. The van der Waals surface area contributed by atoms with Gasteiger partial charge in [0.1, 0.15) is 20.4 Å². The van der Waals surface area contributed by atoms with Crippen molar-refractivity contribution in [3.05, 3.63) is 0 Å². The Morgan fingerprint density at radius 3 is 1.29 bits per heavy atom. The monoisotopic (exact) mass is 506 g/mol. The summed E-state index contributed by atoms with van der Waals surface area (Å²) in [6.07, 6.45) is 12.9. The third kappa shape index (κ3) is 26.6. The summed E-state index contributed by atoms with van der Waals surface area (Å²) >= 11 is 0. The van der Waals surface area contributed by atoms with Crippen molar-refractivity contribution in [1.29, 1.82) is 0 Å². The molecule has 0 aromatic heterocycles. The first-order valence-electron chi connectivity index (χ1n) is 14.0. The molecular formula is C27H58N2O6. The van der Waals surface area contributed by atoms with Crippen molar-refractivity contribution >= 4 is 0 Å². The van der Waals surface area contributed by atoms with Gasteiger partial charge in [0.15, 0.2) is 0 Å². The summed E-state index contributed by atoms with van der Waals surface area (Å²) in [5.41, 5.74) is 0. The van der Waals surface area contributed by atoms with Crippen molar-refractivity contribution in [1.82, 2.24) is 9.80 Å². The van der Waals surface area contributed by atoms with Gasteiger partial charge in [0.25, 0.3) is 0 Å². The van der Waals surface area contributed by atoms with Gasteiger partial charge in [-0.3, -0.25) is 4.90 Å². The predicted molar refractivity (Wildman–Crippen MR) is 143 cm³/mol. The third-order valence-electron chi connectivity index (χ3n) is 5.89. The molecule has 0 heterocycles. The number of hydrogen-bond donors (Lipinski definition) is 0. The highest BCUT2D eigenvalue weighted by Gasteiger charge is 2.06. The number of hydrogen-bond acceptors (Lipinski definition) is 8. The van der Waals surface area contributed by atoms with E-state index >= 15 is 0 Å². The summed E-state index contributed by atoms with van der Waals surface area (Å²) in [5.74, 6) is 0. The van der Waals surface area contributed by atoms with Gasteiger partial charge >= 0.3 is 0 Å². The molecule has 0 amide bonds. The Hall–Kier alpha value is -0.320. The Morgan fingerprint density at radius 2 is 0.800 bits per heavy atom. The van der Waals surface area contributed by atoms with E-state index in [0.717, 1.165) is 32.7 Å². The third-order valence-corrected chi connectivity index (χ3v) is 5.89. The minimum atomic E-state index is 0.314. The fraction of sp³-hybridized carbons (Fsp3) is 1.00. The van der Waals surface area contributed by atoms with E-state index < -0.39 is 0 Å². The van der Waals surface area contributed by atoms with E-state index in [4.69, 9.17) is 28.4 Å². The molecule has 0 rings (SSSR count). The van der Waals surface area contributed by atoms with Gasteiger partial charge in [0, 0.05) is 40.5 Å². The van der Waals surface area contributed by atoms with Gasteiger partial charge in [-0.1, -0.05) is 52.4 Å². The normalized spacial score (nSPS) is 11.8. The number of rotatable bonds is 30. The average Bonchev–Trinajstić information content (AvgIpc) is 2.87. The topological polar surface area (TPSA) is 61.9 Å². The highest BCUT2D eigenvalue weighted by Crippen LogP contribution is 2.07. The average molecular weight is 507 g/mol. The Morgan fingerprint density at radius 1 is 0.400 bits per heavy atom. The van der Waals surface area contributed by atoms with Crippen molar-refractivity contribution in [2.75, 3.05) is 100 Å². The van der Waals surface area contributed by atoms with Crippen LogP contribution in [0.4, 0.5) is 0 Å². The summed E-state index contributed by atoms with van der Waals surface area (Å²) in [7, 11) is 3.26. The smallest absolute Gasteiger partial charge is 0.146 e. The molecule has 0 radical (unpaired) electrons. The van der Waals surface area contributed by atoms with Crippen LogP contribution in [0.1, 0.15) is 78.1 Å². The van der Waals surface area contributed by atoms with E-state index in [-0.39, 0.29) is 0 Å². The van der Waals surface area contributed by atoms with Crippen LogP contribution in [0.5, 0.6) is 0 Å².